The molecule has 132 valence electrons. The fourth-order valence-electron chi connectivity index (χ4n) is 2.36. The maximum Gasteiger partial charge on any atom is 0.408 e. The fourth-order valence-corrected chi connectivity index (χ4v) is 2.36. The van der Waals surface area contributed by atoms with Crippen LogP contribution >= 0.6 is 0 Å². The average Bonchev–Trinajstić information content (AvgIpc) is 3.12. The number of halogens is 3. The minimum Gasteiger partial charge on any atom is -0.469 e. The number of alkyl halides is 3. The van der Waals surface area contributed by atoms with Crippen LogP contribution in [-0.4, -0.2) is 32.7 Å². The van der Waals surface area contributed by atoms with Crippen molar-refractivity contribution in [2.45, 2.75) is 33.0 Å². The van der Waals surface area contributed by atoms with Crippen LogP contribution in [0.5, 0.6) is 0 Å². The van der Waals surface area contributed by atoms with Crippen LogP contribution in [-0.2, 0) is 0 Å². The van der Waals surface area contributed by atoms with Crippen LogP contribution in [0.2, 0.25) is 0 Å². The maximum absolute atomic E-state index is 12.7. The van der Waals surface area contributed by atoms with E-state index in [1.54, 1.807) is 26.0 Å². The lowest BCUT2D eigenvalue weighted by Crippen LogP contribution is -2.43. The molecule has 0 aromatic carbocycles. The van der Waals surface area contributed by atoms with Gasteiger partial charge in [-0.3, -0.25) is 4.79 Å². The van der Waals surface area contributed by atoms with Gasteiger partial charge < -0.3 is 9.73 Å². The summed E-state index contributed by atoms with van der Waals surface area (Å²) in [5, 5.41) is 5.96. The van der Waals surface area contributed by atoms with E-state index in [0.29, 0.717) is 22.7 Å². The molecule has 1 amide bonds. The van der Waals surface area contributed by atoms with Gasteiger partial charge in [-0.15, -0.1) is 0 Å². The molecule has 0 fully saturated rings. The lowest BCUT2D eigenvalue weighted by Gasteiger charge is -2.16. The Bertz CT molecular complexity index is 943. The minimum atomic E-state index is -4.53. The van der Waals surface area contributed by atoms with Crippen LogP contribution in [0, 0.1) is 13.8 Å². The van der Waals surface area contributed by atoms with Gasteiger partial charge >= 0.3 is 6.18 Å². The first-order valence-corrected chi connectivity index (χ1v) is 7.45. The van der Waals surface area contributed by atoms with Crippen LogP contribution in [0.3, 0.4) is 0 Å². The number of furan rings is 1. The number of amides is 1. The lowest BCUT2D eigenvalue weighted by atomic mass is 10.2. The van der Waals surface area contributed by atoms with E-state index < -0.39 is 18.1 Å². The zero-order valence-corrected chi connectivity index (χ0v) is 13.7. The van der Waals surface area contributed by atoms with Gasteiger partial charge in [-0.25, -0.2) is 9.50 Å². The third-order valence-electron chi connectivity index (χ3n) is 3.76. The second-order valence-corrected chi connectivity index (χ2v) is 5.76. The van der Waals surface area contributed by atoms with Gasteiger partial charge in [0.1, 0.15) is 23.6 Å². The Morgan fingerprint density at radius 2 is 2.04 bits per heavy atom. The van der Waals surface area contributed by atoms with Gasteiger partial charge in [-0.1, -0.05) is 0 Å². The predicted molar refractivity (Wildman–Crippen MR) is 83.1 cm³/mol. The molecule has 25 heavy (non-hydrogen) atoms. The third-order valence-corrected chi connectivity index (χ3v) is 3.76. The Morgan fingerprint density at radius 1 is 1.32 bits per heavy atom. The van der Waals surface area contributed by atoms with E-state index in [9.17, 15) is 18.0 Å². The van der Waals surface area contributed by atoms with Crippen molar-refractivity contribution in [2.24, 2.45) is 0 Å². The minimum absolute atomic E-state index is 0.0266. The zero-order chi connectivity index (χ0) is 18.4. The van der Waals surface area contributed by atoms with E-state index in [1.807, 2.05) is 5.32 Å². The van der Waals surface area contributed by atoms with Crippen molar-refractivity contribution >= 4 is 11.6 Å². The summed E-state index contributed by atoms with van der Waals surface area (Å²) in [6, 6.07) is 1.56. The number of carbonyl (C=O) groups is 1. The molecular formula is C16H15F3N4O2. The Balaban J connectivity index is 2.02. The Hall–Kier alpha value is -2.84. The molecule has 6 nitrogen and oxygen atoms in total. The first kappa shape index (κ1) is 17.0. The van der Waals surface area contributed by atoms with Crippen LogP contribution in [0.4, 0.5) is 13.2 Å². The summed E-state index contributed by atoms with van der Waals surface area (Å²) < 4.78 is 44.6. The first-order chi connectivity index (χ1) is 11.7. The highest BCUT2D eigenvalue weighted by atomic mass is 19.4. The fraction of sp³-hybridized carbons (Fsp3) is 0.312. The lowest BCUT2D eigenvalue weighted by molar-refractivity contribution is -0.149. The summed E-state index contributed by atoms with van der Waals surface area (Å²) >= 11 is 0. The molecule has 3 aromatic heterocycles. The van der Waals surface area contributed by atoms with Gasteiger partial charge in [0.25, 0.3) is 5.91 Å². The molecule has 0 aliphatic rings. The van der Waals surface area contributed by atoms with Crippen LogP contribution in [0.25, 0.3) is 16.9 Å². The molecule has 9 heteroatoms. The van der Waals surface area contributed by atoms with Crippen molar-refractivity contribution in [3.05, 3.63) is 41.6 Å². The number of nitrogens with zero attached hydrogens (tertiary/aromatic N) is 3. The molecule has 3 heterocycles. The van der Waals surface area contributed by atoms with E-state index in [0.717, 1.165) is 6.92 Å². The van der Waals surface area contributed by atoms with Crippen molar-refractivity contribution < 1.29 is 22.4 Å². The molecule has 1 N–H and O–H groups in total. The molecule has 1 atom stereocenters. The molecule has 3 rings (SSSR count). The number of aryl methyl sites for hydroxylation is 2. The highest BCUT2D eigenvalue weighted by Crippen LogP contribution is 2.24. The van der Waals surface area contributed by atoms with Crippen molar-refractivity contribution in [1.82, 2.24) is 19.9 Å². The van der Waals surface area contributed by atoms with Gasteiger partial charge in [0, 0.05) is 11.3 Å². The molecule has 0 aliphatic carbocycles. The summed E-state index contributed by atoms with van der Waals surface area (Å²) in [5.41, 5.74) is 2.09. The quantitative estimate of drug-likeness (QED) is 0.785. The molecular weight excluding hydrogens is 337 g/mol. The largest absolute Gasteiger partial charge is 0.469 e. The summed E-state index contributed by atoms with van der Waals surface area (Å²) in [4.78, 5) is 16.6. The molecule has 0 spiro atoms. The van der Waals surface area contributed by atoms with Crippen molar-refractivity contribution in [3.8, 4) is 11.3 Å². The highest BCUT2D eigenvalue weighted by Gasteiger charge is 2.37. The second-order valence-electron chi connectivity index (χ2n) is 5.76. The SMILES string of the molecule is Cc1cc(-c2cc(C)n3ncc(C(=O)NC(C)C(F)(F)F)c3n2)co1. The number of carbonyl (C=O) groups excluding carboxylic acids is 1. The highest BCUT2D eigenvalue weighted by molar-refractivity contribution is 6.00. The number of hydrogen-bond acceptors (Lipinski definition) is 4. The molecule has 0 radical (unpaired) electrons. The number of aromatic nitrogens is 3. The van der Waals surface area contributed by atoms with E-state index in [1.165, 1.54) is 17.0 Å². The Labute approximate surface area is 140 Å². The summed E-state index contributed by atoms with van der Waals surface area (Å²) in [7, 11) is 0. The smallest absolute Gasteiger partial charge is 0.408 e. The standard InChI is InChI=1S/C16H15F3N4O2/c1-8-4-13(11-5-9(2)25-7-11)22-14-12(6-20-23(8)14)15(24)21-10(3)16(17,18)19/h4-7,10H,1-3H3,(H,21,24). The normalized spacial score (nSPS) is 13.2. The van der Waals surface area contributed by atoms with Gasteiger partial charge in [-0.05, 0) is 32.9 Å². The van der Waals surface area contributed by atoms with Gasteiger partial charge in [0.2, 0.25) is 0 Å². The number of rotatable bonds is 3. The van der Waals surface area contributed by atoms with Crippen molar-refractivity contribution in [1.29, 1.82) is 0 Å². The third kappa shape index (κ3) is 3.21. The number of nitrogens with one attached hydrogen (secondary N) is 1. The van der Waals surface area contributed by atoms with Crippen LogP contribution in [0.15, 0.2) is 29.0 Å². The second kappa shape index (κ2) is 5.91. The summed E-state index contributed by atoms with van der Waals surface area (Å²) in [6.07, 6.45) is -1.80. The van der Waals surface area contributed by atoms with E-state index in [-0.39, 0.29) is 11.2 Å². The van der Waals surface area contributed by atoms with Gasteiger partial charge in [0.05, 0.1) is 11.9 Å². The molecule has 0 bridgehead atoms. The predicted octanol–water partition coefficient (Wildman–Crippen LogP) is 3.29. The Kier molecular flexibility index (Phi) is 4.02. The molecule has 0 aliphatic heterocycles. The molecule has 1 unspecified atom stereocenters. The van der Waals surface area contributed by atoms with E-state index >= 15 is 0 Å². The van der Waals surface area contributed by atoms with Crippen LogP contribution in [0.1, 0.15) is 28.7 Å². The molecule has 0 saturated carbocycles. The van der Waals surface area contributed by atoms with E-state index in [4.69, 9.17) is 4.42 Å². The summed E-state index contributed by atoms with van der Waals surface area (Å²) in [5.74, 6) is -0.188. The number of hydrogen-bond donors (Lipinski definition) is 1. The van der Waals surface area contributed by atoms with E-state index in [2.05, 4.69) is 10.1 Å². The van der Waals surface area contributed by atoms with Crippen molar-refractivity contribution in [3.63, 3.8) is 0 Å². The van der Waals surface area contributed by atoms with Crippen molar-refractivity contribution in [2.75, 3.05) is 0 Å². The monoisotopic (exact) mass is 352 g/mol. The first-order valence-electron chi connectivity index (χ1n) is 7.45. The zero-order valence-electron chi connectivity index (χ0n) is 13.7. The van der Waals surface area contributed by atoms with Crippen LogP contribution < -0.4 is 5.32 Å². The Morgan fingerprint density at radius 3 is 2.64 bits per heavy atom. The topological polar surface area (TPSA) is 72.4 Å². The van der Waals surface area contributed by atoms with Gasteiger partial charge in [0.15, 0.2) is 5.65 Å². The number of fused-ring (bicyclic) bond motifs is 1. The van der Waals surface area contributed by atoms with Gasteiger partial charge in [-0.2, -0.15) is 18.3 Å². The molecule has 0 saturated heterocycles. The summed E-state index contributed by atoms with van der Waals surface area (Å²) in [6.45, 7) is 4.42. The molecule has 3 aromatic rings. The average molecular weight is 352 g/mol. The maximum atomic E-state index is 12.7.